The molecule has 0 fully saturated rings. The van der Waals surface area contributed by atoms with Gasteiger partial charge in [-0.1, -0.05) is 22.9 Å². The summed E-state index contributed by atoms with van der Waals surface area (Å²) in [6, 6.07) is 4.55. The fourth-order valence-corrected chi connectivity index (χ4v) is 2.06. The van der Waals surface area contributed by atoms with Crippen molar-refractivity contribution in [3.63, 3.8) is 0 Å². The quantitative estimate of drug-likeness (QED) is 0.906. The molecular formula is C12H18BrNO. The number of nitrogens with one attached hydrogen (secondary N) is 1. The predicted molar refractivity (Wildman–Crippen MR) is 67.5 cm³/mol. The minimum absolute atomic E-state index is 0.344. The molecule has 0 saturated heterocycles. The van der Waals surface area contributed by atoms with Gasteiger partial charge in [-0.05, 0) is 38.1 Å². The largest absolute Gasteiger partial charge is 0.496 e. The molecule has 3 heteroatoms. The van der Waals surface area contributed by atoms with E-state index in [2.05, 4.69) is 47.2 Å². The lowest BCUT2D eigenvalue weighted by Gasteiger charge is -2.19. The zero-order valence-corrected chi connectivity index (χ0v) is 11.3. The Hall–Kier alpha value is -0.540. The fraction of sp³-hybridized carbons (Fsp3) is 0.500. The Morgan fingerprint density at radius 3 is 2.60 bits per heavy atom. The van der Waals surface area contributed by atoms with Gasteiger partial charge < -0.3 is 10.1 Å². The smallest absolute Gasteiger partial charge is 0.123 e. The molecule has 15 heavy (non-hydrogen) atoms. The molecule has 0 aliphatic carbocycles. The van der Waals surface area contributed by atoms with Crippen LogP contribution in [0, 0.1) is 6.92 Å². The minimum Gasteiger partial charge on any atom is -0.496 e. The van der Waals surface area contributed by atoms with Crippen LogP contribution in [0.15, 0.2) is 16.6 Å². The SMILES string of the molecule is CCC(NC)c1cc(Br)c(C)cc1OC. The summed E-state index contributed by atoms with van der Waals surface area (Å²) in [5.41, 5.74) is 2.40. The summed E-state index contributed by atoms with van der Waals surface area (Å²) < 4.78 is 6.54. The third kappa shape index (κ3) is 2.73. The molecule has 0 heterocycles. The highest BCUT2D eigenvalue weighted by molar-refractivity contribution is 9.10. The number of hydrogen-bond acceptors (Lipinski definition) is 2. The summed E-state index contributed by atoms with van der Waals surface area (Å²) in [4.78, 5) is 0. The lowest BCUT2D eigenvalue weighted by molar-refractivity contribution is 0.400. The molecule has 0 aliphatic rings. The first-order valence-corrected chi connectivity index (χ1v) is 5.94. The van der Waals surface area contributed by atoms with Crippen LogP contribution in [-0.2, 0) is 0 Å². The van der Waals surface area contributed by atoms with E-state index in [0.29, 0.717) is 6.04 Å². The molecule has 1 aromatic rings. The van der Waals surface area contributed by atoms with Gasteiger partial charge in [-0.15, -0.1) is 0 Å². The van der Waals surface area contributed by atoms with Crippen LogP contribution in [0.25, 0.3) is 0 Å². The van der Waals surface area contributed by atoms with Gasteiger partial charge in [-0.25, -0.2) is 0 Å². The fourth-order valence-electron chi connectivity index (χ4n) is 1.70. The van der Waals surface area contributed by atoms with Crippen LogP contribution in [0.3, 0.4) is 0 Å². The zero-order valence-electron chi connectivity index (χ0n) is 9.73. The van der Waals surface area contributed by atoms with Crippen LogP contribution in [0.1, 0.15) is 30.5 Å². The lowest BCUT2D eigenvalue weighted by atomic mass is 10.0. The van der Waals surface area contributed by atoms with Crippen molar-refractivity contribution in [2.75, 3.05) is 14.2 Å². The predicted octanol–water partition coefficient (Wildman–Crippen LogP) is 3.44. The number of hydrogen-bond donors (Lipinski definition) is 1. The van der Waals surface area contributed by atoms with Crippen LogP contribution < -0.4 is 10.1 Å². The number of aryl methyl sites for hydroxylation is 1. The van der Waals surface area contributed by atoms with E-state index in [1.807, 2.05) is 7.05 Å². The molecule has 2 nitrogen and oxygen atoms in total. The number of rotatable bonds is 4. The van der Waals surface area contributed by atoms with Crippen molar-refractivity contribution in [1.82, 2.24) is 5.32 Å². The third-order valence-corrected chi connectivity index (χ3v) is 3.50. The second-order valence-electron chi connectivity index (χ2n) is 3.59. The second kappa shape index (κ2) is 5.52. The Kier molecular flexibility index (Phi) is 4.61. The van der Waals surface area contributed by atoms with Gasteiger partial charge in [0.2, 0.25) is 0 Å². The maximum Gasteiger partial charge on any atom is 0.123 e. The summed E-state index contributed by atoms with van der Waals surface area (Å²) in [5, 5.41) is 3.29. The van der Waals surface area contributed by atoms with E-state index in [1.165, 1.54) is 11.1 Å². The summed E-state index contributed by atoms with van der Waals surface area (Å²) >= 11 is 3.55. The van der Waals surface area contributed by atoms with Crippen LogP contribution >= 0.6 is 15.9 Å². The highest BCUT2D eigenvalue weighted by Crippen LogP contribution is 2.32. The molecule has 1 atom stereocenters. The monoisotopic (exact) mass is 271 g/mol. The molecule has 0 saturated carbocycles. The van der Waals surface area contributed by atoms with Gasteiger partial charge in [0.15, 0.2) is 0 Å². The van der Waals surface area contributed by atoms with E-state index in [4.69, 9.17) is 4.74 Å². The Morgan fingerprint density at radius 2 is 2.13 bits per heavy atom. The summed E-state index contributed by atoms with van der Waals surface area (Å²) in [7, 11) is 3.69. The van der Waals surface area contributed by atoms with Crippen molar-refractivity contribution in [3.8, 4) is 5.75 Å². The molecule has 0 amide bonds. The van der Waals surface area contributed by atoms with Gasteiger partial charge in [-0.3, -0.25) is 0 Å². The Bertz CT molecular complexity index is 335. The van der Waals surface area contributed by atoms with E-state index in [1.54, 1.807) is 7.11 Å². The van der Waals surface area contributed by atoms with Gasteiger partial charge in [0.25, 0.3) is 0 Å². The molecule has 0 bridgehead atoms. The molecule has 0 spiro atoms. The summed E-state index contributed by atoms with van der Waals surface area (Å²) in [6.45, 7) is 4.23. The standard InChI is InChI=1S/C12H18BrNO/c1-5-11(14-3)9-7-10(13)8(2)6-12(9)15-4/h6-7,11,14H,5H2,1-4H3. The zero-order chi connectivity index (χ0) is 11.4. The van der Waals surface area contributed by atoms with E-state index < -0.39 is 0 Å². The van der Waals surface area contributed by atoms with Gasteiger partial charge in [0.1, 0.15) is 5.75 Å². The van der Waals surface area contributed by atoms with Crippen LogP contribution in [0.4, 0.5) is 0 Å². The molecule has 1 aromatic carbocycles. The first-order valence-electron chi connectivity index (χ1n) is 5.15. The molecule has 84 valence electrons. The van der Waals surface area contributed by atoms with Gasteiger partial charge in [-0.2, -0.15) is 0 Å². The molecule has 1 unspecified atom stereocenters. The van der Waals surface area contributed by atoms with Crippen molar-refractivity contribution >= 4 is 15.9 Å². The van der Waals surface area contributed by atoms with Crippen LogP contribution in [0.5, 0.6) is 5.75 Å². The number of halogens is 1. The number of ether oxygens (including phenoxy) is 1. The van der Waals surface area contributed by atoms with Crippen molar-refractivity contribution in [2.45, 2.75) is 26.3 Å². The van der Waals surface area contributed by atoms with E-state index in [0.717, 1.165) is 16.6 Å². The van der Waals surface area contributed by atoms with E-state index in [-0.39, 0.29) is 0 Å². The molecule has 1 rings (SSSR count). The van der Waals surface area contributed by atoms with Gasteiger partial charge in [0.05, 0.1) is 7.11 Å². The Morgan fingerprint density at radius 1 is 1.47 bits per heavy atom. The van der Waals surface area contributed by atoms with Crippen molar-refractivity contribution < 1.29 is 4.74 Å². The molecule has 0 radical (unpaired) electrons. The van der Waals surface area contributed by atoms with E-state index >= 15 is 0 Å². The topological polar surface area (TPSA) is 21.3 Å². The molecule has 0 aromatic heterocycles. The highest BCUT2D eigenvalue weighted by Gasteiger charge is 2.14. The van der Waals surface area contributed by atoms with Crippen LogP contribution in [0.2, 0.25) is 0 Å². The van der Waals surface area contributed by atoms with Gasteiger partial charge in [0, 0.05) is 16.1 Å². The number of methoxy groups -OCH3 is 1. The normalized spacial score (nSPS) is 12.6. The van der Waals surface area contributed by atoms with Crippen LogP contribution in [-0.4, -0.2) is 14.2 Å². The maximum absolute atomic E-state index is 5.40. The maximum atomic E-state index is 5.40. The minimum atomic E-state index is 0.344. The molecule has 1 N–H and O–H groups in total. The molecule has 0 aliphatic heterocycles. The summed E-state index contributed by atoms with van der Waals surface area (Å²) in [5.74, 6) is 0.955. The Balaban J connectivity index is 3.20. The first-order chi connectivity index (χ1) is 7.13. The first kappa shape index (κ1) is 12.5. The van der Waals surface area contributed by atoms with E-state index in [9.17, 15) is 0 Å². The number of benzene rings is 1. The van der Waals surface area contributed by atoms with Gasteiger partial charge >= 0.3 is 0 Å². The molecular weight excluding hydrogens is 254 g/mol. The summed E-state index contributed by atoms with van der Waals surface area (Å²) in [6.07, 6.45) is 1.04. The van der Waals surface area contributed by atoms with Crippen molar-refractivity contribution in [1.29, 1.82) is 0 Å². The highest BCUT2D eigenvalue weighted by atomic mass is 79.9. The average molecular weight is 272 g/mol. The second-order valence-corrected chi connectivity index (χ2v) is 4.45. The Labute approximate surface area is 100 Å². The average Bonchev–Trinajstić information content (AvgIpc) is 2.24. The van der Waals surface area contributed by atoms with Crippen molar-refractivity contribution in [3.05, 3.63) is 27.7 Å². The van der Waals surface area contributed by atoms with Crippen molar-refractivity contribution in [2.24, 2.45) is 0 Å². The lowest BCUT2D eigenvalue weighted by Crippen LogP contribution is -2.16. The third-order valence-electron chi connectivity index (χ3n) is 2.64.